The van der Waals surface area contributed by atoms with Crippen LogP contribution in [0.25, 0.3) is 5.78 Å². The predicted molar refractivity (Wildman–Crippen MR) is 74.2 cm³/mol. The largest absolute Gasteiger partial charge is 0.353 e. The minimum atomic E-state index is 0.612. The third-order valence-corrected chi connectivity index (χ3v) is 3.77. The van der Waals surface area contributed by atoms with E-state index in [4.69, 9.17) is 5.73 Å². The summed E-state index contributed by atoms with van der Waals surface area (Å²) >= 11 is 0. The molecule has 1 saturated carbocycles. The van der Waals surface area contributed by atoms with Gasteiger partial charge >= 0.3 is 0 Å². The zero-order chi connectivity index (χ0) is 13.2. The van der Waals surface area contributed by atoms with Gasteiger partial charge in [0, 0.05) is 24.3 Å². The second kappa shape index (κ2) is 5.13. The normalized spacial score (nSPS) is 15.7. The smallest absolute Gasteiger partial charge is 0.254 e. The van der Waals surface area contributed by atoms with Crippen LogP contribution in [0.15, 0.2) is 12.4 Å². The summed E-state index contributed by atoms with van der Waals surface area (Å²) in [6, 6.07) is 2.71. The Morgan fingerprint density at radius 1 is 1.47 bits per heavy atom. The molecule has 6 nitrogen and oxygen atoms in total. The van der Waals surface area contributed by atoms with Crippen LogP contribution in [0.2, 0.25) is 0 Å². The number of rotatable bonds is 5. The number of nitrogens with two attached hydrogens (primary N) is 1. The van der Waals surface area contributed by atoms with Gasteiger partial charge in [-0.25, -0.2) is 4.98 Å². The summed E-state index contributed by atoms with van der Waals surface area (Å²) in [6.07, 6.45) is 6.37. The lowest BCUT2D eigenvalue weighted by atomic mass is 9.91. The molecule has 0 bridgehead atoms. The fourth-order valence-electron chi connectivity index (χ4n) is 2.56. The lowest BCUT2D eigenvalue weighted by molar-refractivity contribution is 0.381. The maximum Gasteiger partial charge on any atom is 0.254 e. The summed E-state index contributed by atoms with van der Waals surface area (Å²) in [5.41, 5.74) is 6.64. The fraction of sp³-hybridized carbons (Fsp3) is 0.615. The highest BCUT2D eigenvalue weighted by Gasteiger charge is 2.26. The lowest BCUT2D eigenvalue weighted by Gasteiger charge is -2.39. The Labute approximate surface area is 112 Å². The van der Waals surface area contributed by atoms with E-state index in [1.807, 2.05) is 11.4 Å². The molecule has 0 atom stereocenters. The molecule has 0 aromatic carbocycles. The van der Waals surface area contributed by atoms with E-state index >= 15 is 0 Å². The van der Waals surface area contributed by atoms with Crippen LogP contribution in [0.5, 0.6) is 0 Å². The second-order valence-electron chi connectivity index (χ2n) is 5.15. The van der Waals surface area contributed by atoms with Crippen LogP contribution < -0.4 is 10.6 Å². The zero-order valence-electron chi connectivity index (χ0n) is 11.3. The molecule has 2 N–H and O–H groups in total. The van der Waals surface area contributed by atoms with E-state index in [2.05, 4.69) is 26.0 Å². The Morgan fingerprint density at radius 3 is 3.00 bits per heavy atom. The molecular formula is C13H20N6. The topological polar surface area (TPSA) is 72.3 Å². The minimum absolute atomic E-state index is 0.612. The summed E-state index contributed by atoms with van der Waals surface area (Å²) in [4.78, 5) is 11.0. The first-order valence-corrected chi connectivity index (χ1v) is 6.93. The highest BCUT2D eigenvalue weighted by Crippen LogP contribution is 2.29. The molecular weight excluding hydrogens is 240 g/mol. The molecule has 2 aromatic heterocycles. The van der Waals surface area contributed by atoms with E-state index in [0.717, 1.165) is 24.5 Å². The number of fused-ring (bicyclic) bond motifs is 1. The average molecular weight is 260 g/mol. The van der Waals surface area contributed by atoms with Crippen molar-refractivity contribution in [1.82, 2.24) is 19.6 Å². The predicted octanol–water partition coefficient (Wildman–Crippen LogP) is 1.14. The molecule has 102 valence electrons. The quantitative estimate of drug-likeness (QED) is 0.872. The van der Waals surface area contributed by atoms with Gasteiger partial charge in [0.1, 0.15) is 12.1 Å². The van der Waals surface area contributed by atoms with Crippen LogP contribution in [0.3, 0.4) is 0 Å². The van der Waals surface area contributed by atoms with Gasteiger partial charge < -0.3 is 10.6 Å². The van der Waals surface area contributed by atoms with E-state index in [1.54, 1.807) is 6.33 Å². The van der Waals surface area contributed by atoms with E-state index in [1.165, 1.54) is 19.3 Å². The highest BCUT2D eigenvalue weighted by molar-refractivity contribution is 5.48. The van der Waals surface area contributed by atoms with Gasteiger partial charge in [0.25, 0.3) is 5.78 Å². The van der Waals surface area contributed by atoms with Crippen LogP contribution >= 0.6 is 0 Å². The highest BCUT2D eigenvalue weighted by atomic mass is 15.4. The van der Waals surface area contributed by atoms with E-state index < -0.39 is 0 Å². The molecule has 19 heavy (non-hydrogen) atoms. The maximum absolute atomic E-state index is 5.66. The molecule has 2 heterocycles. The van der Waals surface area contributed by atoms with Crippen LogP contribution in [0.1, 0.15) is 31.4 Å². The molecule has 0 aliphatic heterocycles. The van der Waals surface area contributed by atoms with Gasteiger partial charge in [0.05, 0.1) is 0 Å². The van der Waals surface area contributed by atoms with Gasteiger partial charge in [-0.1, -0.05) is 0 Å². The van der Waals surface area contributed by atoms with Crippen molar-refractivity contribution in [2.24, 2.45) is 5.73 Å². The summed E-state index contributed by atoms with van der Waals surface area (Å²) in [5.74, 6) is 1.77. The molecule has 1 aliphatic carbocycles. The molecule has 0 radical (unpaired) electrons. The standard InChI is InChI=1S/C13H20N6/c1-10-8-12(19-13(17-10)15-9-16-19)18(7-3-6-14)11-4-2-5-11/h8-9,11H,2-7,14H2,1H3. The zero-order valence-corrected chi connectivity index (χ0v) is 11.3. The minimum Gasteiger partial charge on any atom is -0.353 e. The van der Waals surface area contributed by atoms with Gasteiger partial charge in [-0.3, -0.25) is 0 Å². The maximum atomic E-state index is 5.66. The van der Waals surface area contributed by atoms with Crippen molar-refractivity contribution < 1.29 is 0 Å². The van der Waals surface area contributed by atoms with Crippen LogP contribution in [0.4, 0.5) is 5.82 Å². The van der Waals surface area contributed by atoms with Gasteiger partial charge in [0.2, 0.25) is 0 Å². The molecule has 0 saturated heterocycles. The Morgan fingerprint density at radius 2 is 2.32 bits per heavy atom. The molecule has 2 aromatic rings. The Hall–Kier alpha value is -1.69. The second-order valence-corrected chi connectivity index (χ2v) is 5.15. The molecule has 1 fully saturated rings. The van der Waals surface area contributed by atoms with Gasteiger partial charge in [0.15, 0.2) is 0 Å². The first kappa shape index (κ1) is 12.3. The summed E-state index contributed by atoms with van der Waals surface area (Å²) < 4.78 is 1.84. The number of aromatic nitrogens is 4. The first-order chi connectivity index (χ1) is 9.29. The van der Waals surface area contributed by atoms with Crippen molar-refractivity contribution in [3.63, 3.8) is 0 Å². The van der Waals surface area contributed by atoms with Crippen molar-refractivity contribution in [3.05, 3.63) is 18.1 Å². The Kier molecular flexibility index (Phi) is 3.33. The molecule has 6 heteroatoms. The number of hydrogen-bond acceptors (Lipinski definition) is 5. The number of hydrogen-bond donors (Lipinski definition) is 1. The summed E-state index contributed by atoms with van der Waals surface area (Å²) in [5, 5.41) is 4.30. The molecule has 3 rings (SSSR count). The molecule has 1 aliphatic rings. The third-order valence-electron chi connectivity index (χ3n) is 3.77. The summed E-state index contributed by atoms with van der Waals surface area (Å²) in [7, 11) is 0. The molecule has 0 amide bonds. The van der Waals surface area contributed by atoms with Crippen molar-refractivity contribution in [3.8, 4) is 0 Å². The van der Waals surface area contributed by atoms with Crippen molar-refractivity contribution >= 4 is 11.6 Å². The lowest BCUT2D eigenvalue weighted by Crippen LogP contribution is -2.42. The fourth-order valence-corrected chi connectivity index (χ4v) is 2.56. The first-order valence-electron chi connectivity index (χ1n) is 6.93. The number of aryl methyl sites for hydroxylation is 1. The van der Waals surface area contributed by atoms with Crippen molar-refractivity contribution in [1.29, 1.82) is 0 Å². The van der Waals surface area contributed by atoms with Crippen molar-refractivity contribution in [2.75, 3.05) is 18.0 Å². The van der Waals surface area contributed by atoms with Gasteiger partial charge in [-0.05, 0) is 39.2 Å². The third kappa shape index (κ3) is 2.28. The summed E-state index contributed by atoms with van der Waals surface area (Å²) in [6.45, 7) is 3.69. The monoisotopic (exact) mass is 260 g/mol. The molecule has 0 spiro atoms. The van der Waals surface area contributed by atoms with Gasteiger partial charge in [-0.2, -0.15) is 14.6 Å². The van der Waals surface area contributed by atoms with E-state index in [9.17, 15) is 0 Å². The number of nitrogens with zero attached hydrogens (tertiary/aromatic N) is 5. The SMILES string of the molecule is Cc1cc(N(CCCN)C2CCC2)n2ncnc2n1. The van der Waals surface area contributed by atoms with Crippen LogP contribution in [-0.4, -0.2) is 38.7 Å². The van der Waals surface area contributed by atoms with Crippen molar-refractivity contribution in [2.45, 2.75) is 38.6 Å². The Bertz CT molecular complexity index is 559. The Balaban J connectivity index is 2.00. The molecule has 0 unspecified atom stereocenters. The van der Waals surface area contributed by atoms with E-state index in [-0.39, 0.29) is 0 Å². The number of anilines is 1. The van der Waals surface area contributed by atoms with Gasteiger partial charge in [-0.15, -0.1) is 0 Å². The van der Waals surface area contributed by atoms with Crippen LogP contribution in [-0.2, 0) is 0 Å². The van der Waals surface area contributed by atoms with E-state index in [0.29, 0.717) is 18.4 Å². The average Bonchev–Trinajstić information content (AvgIpc) is 2.78. The van der Waals surface area contributed by atoms with Crippen LogP contribution in [0, 0.1) is 6.92 Å².